The number of nitrogens with one attached hydrogen (secondary N) is 1. The summed E-state index contributed by atoms with van der Waals surface area (Å²) in [6.07, 6.45) is 0. The molecule has 0 spiro atoms. The van der Waals surface area contributed by atoms with E-state index in [2.05, 4.69) is 5.32 Å². The molecule has 0 aliphatic heterocycles. The van der Waals surface area contributed by atoms with Gasteiger partial charge in [0.1, 0.15) is 0 Å². The zero-order valence-corrected chi connectivity index (χ0v) is 11.6. The molecule has 0 aromatic heterocycles. The fraction of sp³-hybridized carbons (Fsp3) is 0.462. The molecular weight excluding hydrogens is 250 g/mol. The number of benzene rings is 1. The normalized spacial score (nSPS) is 10.2. The molecule has 1 rings (SSSR count). The topological polar surface area (TPSA) is 58.4 Å². The van der Waals surface area contributed by atoms with E-state index in [9.17, 15) is 4.79 Å². The third-order valence-electron chi connectivity index (χ3n) is 2.73. The number of nitrogens with zero attached hydrogens (tertiary/aromatic N) is 1. The highest BCUT2D eigenvalue weighted by Crippen LogP contribution is 2.26. The van der Waals surface area contributed by atoms with Gasteiger partial charge in [-0.05, 0) is 26.0 Å². The molecule has 0 unspecified atom stereocenters. The molecular formula is C13H20ClN3O. The second kappa shape index (κ2) is 7.24. The van der Waals surface area contributed by atoms with Crippen molar-refractivity contribution in [2.75, 3.05) is 24.5 Å². The van der Waals surface area contributed by atoms with E-state index in [0.29, 0.717) is 24.7 Å². The third kappa shape index (κ3) is 3.62. The molecule has 5 heteroatoms. The van der Waals surface area contributed by atoms with E-state index >= 15 is 0 Å². The summed E-state index contributed by atoms with van der Waals surface area (Å²) in [7, 11) is 0. The molecule has 0 bridgehead atoms. The lowest BCUT2D eigenvalue weighted by Crippen LogP contribution is -2.37. The highest BCUT2D eigenvalue weighted by Gasteiger charge is 2.14. The highest BCUT2D eigenvalue weighted by molar-refractivity contribution is 6.31. The predicted molar refractivity (Wildman–Crippen MR) is 75.9 cm³/mol. The van der Waals surface area contributed by atoms with Crippen LogP contribution in [0.25, 0.3) is 0 Å². The number of likely N-dealkylation sites (N-methyl/N-ethyl adjacent to an activating group) is 2. The summed E-state index contributed by atoms with van der Waals surface area (Å²) in [5.41, 5.74) is 7.53. The molecule has 0 aliphatic rings. The van der Waals surface area contributed by atoms with Gasteiger partial charge in [-0.15, -0.1) is 0 Å². The summed E-state index contributed by atoms with van der Waals surface area (Å²) in [5.74, 6) is 0.00213. The lowest BCUT2D eigenvalue weighted by molar-refractivity contribution is -0.119. The molecule has 3 N–H and O–H groups in total. The molecule has 0 aliphatic carbocycles. The van der Waals surface area contributed by atoms with Gasteiger partial charge in [-0.1, -0.05) is 17.7 Å². The molecule has 18 heavy (non-hydrogen) atoms. The highest BCUT2D eigenvalue weighted by atomic mass is 35.5. The quantitative estimate of drug-likeness (QED) is 0.827. The van der Waals surface area contributed by atoms with Gasteiger partial charge in [-0.25, -0.2) is 0 Å². The molecule has 1 amide bonds. The Bertz CT molecular complexity index is 409. The van der Waals surface area contributed by atoms with E-state index < -0.39 is 0 Å². The van der Waals surface area contributed by atoms with Gasteiger partial charge in [0, 0.05) is 35.9 Å². The first kappa shape index (κ1) is 14.8. The van der Waals surface area contributed by atoms with Crippen LogP contribution in [-0.4, -0.2) is 25.5 Å². The van der Waals surface area contributed by atoms with Crippen molar-refractivity contribution in [3.8, 4) is 0 Å². The molecule has 1 aromatic rings. The Kier molecular flexibility index (Phi) is 5.95. The minimum atomic E-state index is 0.00213. The van der Waals surface area contributed by atoms with Crippen LogP contribution >= 0.6 is 11.6 Å². The van der Waals surface area contributed by atoms with Crippen LogP contribution in [0.2, 0.25) is 5.02 Å². The number of anilines is 1. The lowest BCUT2D eigenvalue weighted by atomic mass is 10.1. The Morgan fingerprint density at radius 1 is 1.44 bits per heavy atom. The average Bonchev–Trinajstić information content (AvgIpc) is 2.36. The largest absolute Gasteiger partial charge is 0.362 e. The number of hydrogen-bond acceptors (Lipinski definition) is 3. The standard InChI is InChI=1S/C13H20ClN3O/c1-3-16-13(18)9-17(4-2)12-7-5-6-11(14)10(12)8-15/h5-7H,3-4,8-9,15H2,1-2H3,(H,16,18). The lowest BCUT2D eigenvalue weighted by Gasteiger charge is -2.25. The van der Waals surface area contributed by atoms with Crippen molar-refractivity contribution in [3.63, 3.8) is 0 Å². The number of amides is 1. The van der Waals surface area contributed by atoms with Gasteiger partial charge in [0.2, 0.25) is 5.91 Å². The molecule has 4 nitrogen and oxygen atoms in total. The maximum Gasteiger partial charge on any atom is 0.239 e. The molecule has 0 radical (unpaired) electrons. The van der Waals surface area contributed by atoms with Gasteiger partial charge < -0.3 is 16.0 Å². The van der Waals surface area contributed by atoms with Crippen molar-refractivity contribution in [2.45, 2.75) is 20.4 Å². The van der Waals surface area contributed by atoms with E-state index in [1.807, 2.05) is 36.9 Å². The van der Waals surface area contributed by atoms with Crippen molar-refractivity contribution < 1.29 is 4.79 Å². The number of rotatable bonds is 6. The summed E-state index contributed by atoms with van der Waals surface area (Å²) in [6, 6.07) is 5.63. The fourth-order valence-corrected chi connectivity index (χ4v) is 2.09. The van der Waals surface area contributed by atoms with Crippen LogP contribution in [0.4, 0.5) is 5.69 Å². The summed E-state index contributed by atoms with van der Waals surface area (Å²) in [4.78, 5) is 13.6. The average molecular weight is 270 g/mol. The van der Waals surface area contributed by atoms with Gasteiger partial charge in [0.25, 0.3) is 0 Å². The van der Waals surface area contributed by atoms with Crippen molar-refractivity contribution >= 4 is 23.2 Å². The van der Waals surface area contributed by atoms with Crippen LogP contribution in [0, 0.1) is 0 Å². The molecule has 0 heterocycles. The number of hydrogen-bond donors (Lipinski definition) is 2. The van der Waals surface area contributed by atoms with Crippen LogP contribution in [0.1, 0.15) is 19.4 Å². The van der Waals surface area contributed by atoms with Crippen LogP contribution in [0.15, 0.2) is 18.2 Å². The van der Waals surface area contributed by atoms with Crippen molar-refractivity contribution in [1.82, 2.24) is 5.32 Å². The van der Waals surface area contributed by atoms with E-state index in [4.69, 9.17) is 17.3 Å². The number of carbonyl (C=O) groups is 1. The molecule has 0 atom stereocenters. The number of carbonyl (C=O) groups excluding carboxylic acids is 1. The van der Waals surface area contributed by atoms with Gasteiger partial charge in [-0.3, -0.25) is 4.79 Å². The summed E-state index contributed by atoms with van der Waals surface area (Å²) < 4.78 is 0. The van der Waals surface area contributed by atoms with Crippen LogP contribution in [0.3, 0.4) is 0 Å². The van der Waals surface area contributed by atoms with E-state index in [-0.39, 0.29) is 5.91 Å². The zero-order valence-electron chi connectivity index (χ0n) is 10.9. The van der Waals surface area contributed by atoms with Crippen LogP contribution < -0.4 is 16.0 Å². The first-order valence-corrected chi connectivity index (χ1v) is 6.50. The first-order chi connectivity index (χ1) is 8.63. The maximum absolute atomic E-state index is 11.7. The Hall–Kier alpha value is -1.26. The minimum absolute atomic E-state index is 0.00213. The molecule has 0 fully saturated rings. The molecule has 100 valence electrons. The van der Waals surface area contributed by atoms with Crippen molar-refractivity contribution in [1.29, 1.82) is 0 Å². The summed E-state index contributed by atoms with van der Waals surface area (Å²) >= 11 is 6.12. The molecule has 1 aromatic carbocycles. The Labute approximate surface area is 113 Å². The van der Waals surface area contributed by atoms with E-state index in [1.54, 1.807) is 0 Å². The van der Waals surface area contributed by atoms with Gasteiger partial charge in [-0.2, -0.15) is 0 Å². The van der Waals surface area contributed by atoms with Crippen molar-refractivity contribution in [2.24, 2.45) is 5.73 Å². The van der Waals surface area contributed by atoms with Gasteiger partial charge in [0.05, 0.1) is 6.54 Å². The van der Waals surface area contributed by atoms with Gasteiger partial charge >= 0.3 is 0 Å². The Morgan fingerprint density at radius 2 is 2.17 bits per heavy atom. The Morgan fingerprint density at radius 3 is 2.72 bits per heavy atom. The Balaban J connectivity index is 2.94. The number of halogens is 1. The SMILES string of the molecule is CCNC(=O)CN(CC)c1cccc(Cl)c1CN. The monoisotopic (exact) mass is 269 g/mol. The van der Waals surface area contributed by atoms with Crippen molar-refractivity contribution in [3.05, 3.63) is 28.8 Å². The molecule has 0 saturated heterocycles. The third-order valence-corrected chi connectivity index (χ3v) is 3.08. The fourth-order valence-electron chi connectivity index (χ4n) is 1.84. The van der Waals surface area contributed by atoms with E-state index in [0.717, 1.165) is 17.8 Å². The number of nitrogens with two attached hydrogens (primary N) is 1. The van der Waals surface area contributed by atoms with Crippen LogP contribution in [0.5, 0.6) is 0 Å². The first-order valence-electron chi connectivity index (χ1n) is 6.13. The maximum atomic E-state index is 11.7. The second-order valence-electron chi connectivity index (χ2n) is 3.91. The summed E-state index contributed by atoms with van der Waals surface area (Å²) in [6.45, 7) is 5.94. The summed E-state index contributed by atoms with van der Waals surface area (Å²) in [5, 5.41) is 3.43. The minimum Gasteiger partial charge on any atom is -0.362 e. The van der Waals surface area contributed by atoms with Gasteiger partial charge in [0.15, 0.2) is 0 Å². The second-order valence-corrected chi connectivity index (χ2v) is 4.32. The zero-order chi connectivity index (χ0) is 13.5. The molecule has 0 saturated carbocycles. The smallest absolute Gasteiger partial charge is 0.239 e. The van der Waals surface area contributed by atoms with Crippen LogP contribution in [-0.2, 0) is 11.3 Å². The van der Waals surface area contributed by atoms with E-state index in [1.165, 1.54) is 0 Å². The predicted octanol–water partition coefficient (Wildman–Crippen LogP) is 1.76.